The zero-order chi connectivity index (χ0) is 12.1. The minimum Gasteiger partial charge on any atom is -0.388 e. The second kappa shape index (κ2) is 6.43. The van der Waals surface area contributed by atoms with Gasteiger partial charge in [0.25, 0.3) is 0 Å². The fourth-order valence-electron chi connectivity index (χ4n) is 2.06. The highest BCUT2D eigenvalue weighted by atomic mass is 32.2. The van der Waals surface area contributed by atoms with Gasteiger partial charge in [-0.3, -0.25) is 0 Å². The maximum absolute atomic E-state index is 10.0. The summed E-state index contributed by atoms with van der Waals surface area (Å²) in [6.07, 6.45) is 2.66. The Balaban J connectivity index is 2.08. The van der Waals surface area contributed by atoms with E-state index in [-0.39, 0.29) is 6.10 Å². The van der Waals surface area contributed by atoms with Gasteiger partial charge in [0.15, 0.2) is 0 Å². The third-order valence-electron chi connectivity index (χ3n) is 3.13. The van der Waals surface area contributed by atoms with Gasteiger partial charge in [-0.05, 0) is 30.9 Å². The molecule has 0 amide bonds. The highest BCUT2D eigenvalue weighted by molar-refractivity contribution is 8.00. The quantitative estimate of drug-likeness (QED) is 0.890. The molecule has 1 saturated heterocycles. The van der Waals surface area contributed by atoms with Crippen LogP contribution < -0.4 is 0 Å². The number of rotatable bonds is 4. The van der Waals surface area contributed by atoms with Crippen LogP contribution in [0.2, 0.25) is 0 Å². The van der Waals surface area contributed by atoms with Gasteiger partial charge in [-0.15, -0.1) is 11.8 Å². The van der Waals surface area contributed by atoms with Crippen molar-refractivity contribution < 1.29 is 9.84 Å². The molecule has 2 nitrogen and oxygen atoms in total. The van der Waals surface area contributed by atoms with Crippen molar-refractivity contribution in [1.82, 2.24) is 0 Å². The van der Waals surface area contributed by atoms with E-state index in [1.165, 1.54) is 4.90 Å². The lowest BCUT2D eigenvalue weighted by molar-refractivity contribution is 0.1000. The summed E-state index contributed by atoms with van der Waals surface area (Å²) >= 11 is 1.89. The molecule has 0 saturated carbocycles. The van der Waals surface area contributed by atoms with Crippen molar-refractivity contribution in [2.24, 2.45) is 0 Å². The van der Waals surface area contributed by atoms with Gasteiger partial charge >= 0.3 is 0 Å². The van der Waals surface area contributed by atoms with Crippen molar-refractivity contribution >= 4 is 11.8 Å². The second-order valence-corrected chi connectivity index (χ2v) is 5.73. The molecule has 1 N–H and O–H groups in total. The summed E-state index contributed by atoms with van der Waals surface area (Å²) in [5.74, 6) is 0. The molecular weight excluding hydrogens is 232 g/mol. The molecule has 0 unspecified atom stereocenters. The van der Waals surface area contributed by atoms with Gasteiger partial charge in [-0.1, -0.05) is 25.1 Å². The lowest BCUT2D eigenvalue weighted by Gasteiger charge is -2.23. The minimum atomic E-state index is -0.335. The summed E-state index contributed by atoms with van der Waals surface area (Å²) < 4.78 is 5.37. The van der Waals surface area contributed by atoms with Gasteiger partial charge in [0, 0.05) is 23.4 Å². The van der Waals surface area contributed by atoms with Crippen LogP contribution in [-0.4, -0.2) is 23.6 Å². The van der Waals surface area contributed by atoms with Crippen LogP contribution in [0, 0.1) is 0 Å². The molecule has 0 radical (unpaired) electrons. The Morgan fingerprint density at radius 2 is 2.06 bits per heavy atom. The lowest BCUT2D eigenvalue weighted by Crippen LogP contribution is -2.17. The van der Waals surface area contributed by atoms with E-state index in [0.717, 1.165) is 38.0 Å². The fraction of sp³-hybridized carbons (Fsp3) is 0.571. The Bertz CT molecular complexity index is 348. The zero-order valence-electron chi connectivity index (χ0n) is 10.3. The molecule has 0 aliphatic carbocycles. The molecule has 1 fully saturated rings. The van der Waals surface area contributed by atoms with Crippen LogP contribution in [0.1, 0.15) is 37.9 Å². The molecule has 1 aliphatic heterocycles. The van der Waals surface area contributed by atoms with Gasteiger partial charge in [0.1, 0.15) is 0 Å². The molecule has 1 aromatic carbocycles. The first kappa shape index (κ1) is 12.9. The number of ether oxygens (including phenoxy) is 1. The molecule has 1 aromatic rings. The molecule has 0 spiro atoms. The number of benzene rings is 1. The van der Waals surface area contributed by atoms with Crippen LogP contribution in [0.4, 0.5) is 0 Å². The molecule has 94 valence electrons. The van der Waals surface area contributed by atoms with E-state index in [0.29, 0.717) is 5.25 Å². The van der Waals surface area contributed by atoms with E-state index < -0.39 is 0 Å². The summed E-state index contributed by atoms with van der Waals surface area (Å²) in [5, 5.41) is 10.6. The fourth-order valence-corrected chi connectivity index (χ4v) is 3.34. The zero-order valence-corrected chi connectivity index (χ0v) is 11.1. The number of thioether (sulfide) groups is 1. The molecule has 0 aromatic heterocycles. The number of aliphatic hydroxyl groups excluding tert-OH is 1. The lowest BCUT2D eigenvalue weighted by atomic mass is 10.1. The Hall–Kier alpha value is -0.510. The van der Waals surface area contributed by atoms with Crippen LogP contribution in [0.15, 0.2) is 29.2 Å². The van der Waals surface area contributed by atoms with Gasteiger partial charge in [0.2, 0.25) is 0 Å². The third-order valence-corrected chi connectivity index (χ3v) is 4.56. The summed E-state index contributed by atoms with van der Waals surface area (Å²) in [7, 11) is 0. The average molecular weight is 252 g/mol. The Kier molecular flexibility index (Phi) is 4.89. The van der Waals surface area contributed by atoms with E-state index in [1.54, 1.807) is 0 Å². The standard InChI is InChI=1S/C14H20O2S/c1-2-13(15)12-5-3-4-6-14(12)17-11-7-9-16-10-8-11/h3-6,11,13,15H,2,7-10H2,1H3/t13-/m1/s1. The number of hydrogen-bond donors (Lipinski definition) is 1. The van der Waals surface area contributed by atoms with Crippen molar-refractivity contribution in [3.8, 4) is 0 Å². The monoisotopic (exact) mass is 252 g/mol. The Morgan fingerprint density at radius 3 is 2.76 bits per heavy atom. The molecule has 17 heavy (non-hydrogen) atoms. The van der Waals surface area contributed by atoms with Crippen LogP contribution >= 0.6 is 11.8 Å². The first-order valence-electron chi connectivity index (χ1n) is 6.32. The normalized spacial score (nSPS) is 19.2. The molecule has 0 bridgehead atoms. The van der Waals surface area contributed by atoms with E-state index in [2.05, 4.69) is 6.07 Å². The Labute approximate surface area is 107 Å². The van der Waals surface area contributed by atoms with Gasteiger partial charge < -0.3 is 9.84 Å². The maximum atomic E-state index is 10.0. The first-order chi connectivity index (χ1) is 8.31. The average Bonchev–Trinajstić information content (AvgIpc) is 2.40. The van der Waals surface area contributed by atoms with Crippen LogP contribution in [0.25, 0.3) is 0 Å². The van der Waals surface area contributed by atoms with Crippen molar-refractivity contribution in [2.75, 3.05) is 13.2 Å². The highest BCUT2D eigenvalue weighted by Gasteiger charge is 2.18. The molecular formula is C14H20O2S. The van der Waals surface area contributed by atoms with Crippen LogP contribution in [0.5, 0.6) is 0 Å². The second-order valence-electron chi connectivity index (χ2n) is 4.39. The third kappa shape index (κ3) is 3.47. The molecule has 1 aliphatic rings. The molecule has 1 heterocycles. The number of aliphatic hydroxyl groups is 1. The first-order valence-corrected chi connectivity index (χ1v) is 7.20. The largest absolute Gasteiger partial charge is 0.388 e. The highest BCUT2D eigenvalue weighted by Crippen LogP contribution is 2.35. The minimum absolute atomic E-state index is 0.335. The maximum Gasteiger partial charge on any atom is 0.0798 e. The predicted octanol–water partition coefficient (Wildman–Crippen LogP) is 3.40. The molecule has 1 atom stereocenters. The van der Waals surface area contributed by atoms with Crippen molar-refractivity contribution in [3.63, 3.8) is 0 Å². The van der Waals surface area contributed by atoms with E-state index in [4.69, 9.17) is 4.74 Å². The van der Waals surface area contributed by atoms with E-state index in [1.807, 2.05) is 36.9 Å². The summed E-state index contributed by atoms with van der Waals surface area (Å²) in [4.78, 5) is 1.23. The van der Waals surface area contributed by atoms with Gasteiger partial charge in [-0.25, -0.2) is 0 Å². The van der Waals surface area contributed by atoms with Gasteiger partial charge in [-0.2, -0.15) is 0 Å². The van der Waals surface area contributed by atoms with E-state index >= 15 is 0 Å². The topological polar surface area (TPSA) is 29.5 Å². The Morgan fingerprint density at radius 1 is 1.35 bits per heavy atom. The number of hydrogen-bond acceptors (Lipinski definition) is 3. The summed E-state index contributed by atoms with van der Waals surface area (Å²) in [5.41, 5.74) is 1.08. The summed E-state index contributed by atoms with van der Waals surface area (Å²) in [6, 6.07) is 8.21. The van der Waals surface area contributed by atoms with Crippen molar-refractivity contribution in [1.29, 1.82) is 0 Å². The predicted molar refractivity (Wildman–Crippen MR) is 71.4 cm³/mol. The van der Waals surface area contributed by atoms with E-state index in [9.17, 15) is 5.11 Å². The molecule has 3 heteroatoms. The van der Waals surface area contributed by atoms with Gasteiger partial charge in [0.05, 0.1) is 6.10 Å². The van der Waals surface area contributed by atoms with Crippen LogP contribution in [-0.2, 0) is 4.74 Å². The molecule has 2 rings (SSSR count). The van der Waals surface area contributed by atoms with Crippen molar-refractivity contribution in [2.45, 2.75) is 42.4 Å². The SMILES string of the molecule is CC[C@@H](O)c1ccccc1SC1CCOCC1. The van der Waals surface area contributed by atoms with Crippen molar-refractivity contribution in [3.05, 3.63) is 29.8 Å². The smallest absolute Gasteiger partial charge is 0.0798 e. The summed E-state index contributed by atoms with van der Waals surface area (Å²) in [6.45, 7) is 3.76. The van der Waals surface area contributed by atoms with Crippen LogP contribution in [0.3, 0.4) is 0 Å².